The fourth-order valence-corrected chi connectivity index (χ4v) is 3.11. The molecule has 0 saturated heterocycles. The molecular weight excluding hydrogens is 404 g/mol. The summed E-state index contributed by atoms with van der Waals surface area (Å²) in [6, 6.07) is 7.79. The van der Waals surface area contributed by atoms with Crippen LogP contribution in [0.15, 0.2) is 39.3 Å². The molecule has 0 amide bonds. The lowest BCUT2D eigenvalue weighted by atomic mass is 9.96. The summed E-state index contributed by atoms with van der Waals surface area (Å²) in [6.45, 7) is 4.45. The molecule has 0 aliphatic heterocycles. The van der Waals surface area contributed by atoms with Gasteiger partial charge in [0.1, 0.15) is 11.6 Å². The second-order valence-electron chi connectivity index (χ2n) is 4.73. The molecule has 1 nitrogen and oxygen atoms in total. The van der Waals surface area contributed by atoms with Crippen LogP contribution in [0.25, 0.3) is 0 Å². The zero-order chi connectivity index (χ0) is 15.6. The van der Waals surface area contributed by atoms with Crippen molar-refractivity contribution in [3.05, 3.63) is 67.6 Å². The Morgan fingerprint density at radius 1 is 1.14 bits per heavy atom. The van der Waals surface area contributed by atoms with E-state index in [0.717, 1.165) is 15.6 Å². The van der Waals surface area contributed by atoms with Crippen molar-refractivity contribution >= 4 is 31.9 Å². The summed E-state index contributed by atoms with van der Waals surface area (Å²) in [6.07, 6.45) is 0. The van der Waals surface area contributed by atoms with Gasteiger partial charge in [-0.05, 0) is 52.7 Å². The Balaban J connectivity index is 2.65. The first-order chi connectivity index (χ1) is 9.97. The highest BCUT2D eigenvalue weighted by molar-refractivity contribution is 9.10. The van der Waals surface area contributed by atoms with Gasteiger partial charge in [-0.1, -0.05) is 41.1 Å². The zero-order valence-corrected chi connectivity index (χ0v) is 14.9. The van der Waals surface area contributed by atoms with E-state index >= 15 is 0 Å². The Kier molecular flexibility index (Phi) is 5.52. The third-order valence-electron chi connectivity index (χ3n) is 3.31. The highest BCUT2D eigenvalue weighted by Crippen LogP contribution is 2.35. The van der Waals surface area contributed by atoms with Gasteiger partial charge in [-0.3, -0.25) is 0 Å². The SMILES string of the molecule is CCNC(c1cccc(C)c1Br)c1c(F)ccc(Br)c1F. The van der Waals surface area contributed by atoms with Gasteiger partial charge in [-0.2, -0.15) is 0 Å². The monoisotopic (exact) mass is 417 g/mol. The Bertz CT molecular complexity index is 659. The third-order valence-corrected chi connectivity index (χ3v) is 5.00. The molecule has 1 unspecified atom stereocenters. The molecule has 0 aromatic heterocycles. The van der Waals surface area contributed by atoms with Crippen molar-refractivity contribution in [2.24, 2.45) is 0 Å². The molecule has 1 N–H and O–H groups in total. The molecule has 5 heteroatoms. The molecule has 0 aliphatic carbocycles. The predicted molar refractivity (Wildman–Crippen MR) is 88.5 cm³/mol. The summed E-state index contributed by atoms with van der Waals surface area (Å²) in [5.74, 6) is -1.13. The lowest BCUT2D eigenvalue weighted by Crippen LogP contribution is -2.25. The van der Waals surface area contributed by atoms with E-state index < -0.39 is 17.7 Å². The van der Waals surface area contributed by atoms with Crippen LogP contribution < -0.4 is 5.32 Å². The Hall–Kier alpha value is -0.780. The molecule has 0 heterocycles. The van der Waals surface area contributed by atoms with Crippen LogP contribution in [0.1, 0.15) is 29.7 Å². The van der Waals surface area contributed by atoms with Crippen molar-refractivity contribution in [2.45, 2.75) is 19.9 Å². The first-order valence-corrected chi connectivity index (χ1v) is 8.17. The molecule has 2 aromatic carbocycles. The molecule has 0 spiro atoms. The van der Waals surface area contributed by atoms with Gasteiger partial charge in [0, 0.05) is 10.0 Å². The van der Waals surface area contributed by atoms with Crippen molar-refractivity contribution in [1.29, 1.82) is 0 Å². The van der Waals surface area contributed by atoms with Gasteiger partial charge in [0.15, 0.2) is 0 Å². The van der Waals surface area contributed by atoms with Crippen molar-refractivity contribution in [1.82, 2.24) is 5.32 Å². The van der Waals surface area contributed by atoms with Gasteiger partial charge in [-0.15, -0.1) is 0 Å². The summed E-state index contributed by atoms with van der Waals surface area (Å²) < 4.78 is 29.7. The summed E-state index contributed by atoms with van der Waals surface area (Å²) in [7, 11) is 0. The maximum atomic E-state index is 14.4. The normalized spacial score (nSPS) is 12.5. The molecule has 21 heavy (non-hydrogen) atoms. The van der Waals surface area contributed by atoms with E-state index in [-0.39, 0.29) is 10.0 Å². The second-order valence-corrected chi connectivity index (χ2v) is 6.37. The molecule has 0 radical (unpaired) electrons. The van der Waals surface area contributed by atoms with E-state index in [0.29, 0.717) is 6.54 Å². The first kappa shape index (κ1) is 16.6. The van der Waals surface area contributed by atoms with E-state index in [1.165, 1.54) is 12.1 Å². The van der Waals surface area contributed by atoms with Gasteiger partial charge in [0.2, 0.25) is 0 Å². The highest BCUT2D eigenvalue weighted by Gasteiger charge is 2.24. The van der Waals surface area contributed by atoms with E-state index in [2.05, 4.69) is 37.2 Å². The van der Waals surface area contributed by atoms with E-state index in [1.807, 2.05) is 32.0 Å². The van der Waals surface area contributed by atoms with Gasteiger partial charge in [0.05, 0.1) is 10.5 Å². The Morgan fingerprint density at radius 2 is 1.86 bits per heavy atom. The molecule has 0 saturated carbocycles. The summed E-state index contributed by atoms with van der Waals surface area (Å²) >= 11 is 6.64. The van der Waals surface area contributed by atoms with Gasteiger partial charge >= 0.3 is 0 Å². The van der Waals surface area contributed by atoms with Gasteiger partial charge in [0.25, 0.3) is 0 Å². The molecule has 0 bridgehead atoms. The number of nitrogens with one attached hydrogen (secondary N) is 1. The van der Waals surface area contributed by atoms with Crippen molar-refractivity contribution in [3.63, 3.8) is 0 Å². The lowest BCUT2D eigenvalue weighted by molar-refractivity contribution is 0.506. The molecular formula is C16H15Br2F2N. The van der Waals surface area contributed by atoms with Crippen molar-refractivity contribution in [3.8, 4) is 0 Å². The summed E-state index contributed by atoms with van der Waals surface area (Å²) in [4.78, 5) is 0. The van der Waals surface area contributed by atoms with Crippen LogP contribution in [0.5, 0.6) is 0 Å². The topological polar surface area (TPSA) is 12.0 Å². The number of hydrogen-bond acceptors (Lipinski definition) is 1. The Morgan fingerprint density at radius 3 is 2.52 bits per heavy atom. The summed E-state index contributed by atoms with van der Waals surface area (Å²) in [5, 5.41) is 3.16. The minimum atomic E-state index is -0.575. The smallest absolute Gasteiger partial charge is 0.145 e. The maximum absolute atomic E-state index is 14.4. The second kappa shape index (κ2) is 6.99. The van der Waals surface area contributed by atoms with Crippen LogP contribution in [0, 0.1) is 18.6 Å². The number of aryl methyl sites for hydroxylation is 1. The fourth-order valence-electron chi connectivity index (χ4n) is 2.27. The predicted octanol–water partition coefficient (Wildman–Crippen LogP) is 5.50. The molecule has 2 rings (SSSR count). The third kappa shape index (κ3) is 3.35. The van der Waals surface area contributed by atoms with Crippen molar-refractivity contribution < 1.29 is 8.78 Å². The quantitative estimate of drug-likeness (QED) is 0.646. The minimum absolute atomic E-state index is 0.0255. The number of hydrogen-bond donors (Lipinski definition) is 1. The van der Waals surface area contributed by atoms with Crippen LogP contribution in [0.3, 0.4) is 0 Å². The maximum Gasteiger partial charge on any atom is 0.145 e. The van der Waals surface area contributed by atoms with Gasteiger partial charge in [-0.25, -0.2) is 8.78 Å². The van der Waals surface area contributed by atoms with E-state index in [9.17, 15) is 8.78 Å². The van der Waals surface area contributed by atoms with Crippen LogP contribution in [-0.4, -0.2) is 6.54 Å². The largest absolute Gasteiger partial charge is 0.306 e. The molecule has 0 fully saturated rings. The first-order valence-electron chi connectivity index (χ1n) is 6.59. The Labute approximate surface area is 140 Å². The molecule has 112 valence electrons. The molecule has 2 aromatic rings. The van der Waals surface area contributed by atoms with Crippen LogP contribution in [-0.2, 0) is 0 Å². The molecule has 0 aliphatic rings. The van der Waals surface area contributed by atoms with Crippen LogP contribution >= 0.6 is 31.9 Å². The number of rotatable bonds is 4. The molecule has 1 atom stereocenters. The van der Waals surface area contributed by atoms with Crippen LogP contribution in [0.2, 0.25) is 0 Å². The van der Waals surface area contributed by atoms with Crippen molar-refractivity contribution in [2.75, 3.05) is 6.54 Å². The minimum Gasteiger partial charge on any atom is -0.306 e. The standard InChI is InChI=1S/C16H15Br2F2N/c1-3-21-16(10-6-4-5-9(2)14(10)18)13-12(19)8-7-11(17)15(13)20/h4-8,16,21H,3H2,1-2H3. The zero-order valence-electron chi connectivity index (χ0n) is 11.7. The van der Waals surface area contributed by atoms with E-state index in [1.54, 1.807) is 0 Å². The number of benzene rings is 2. The number of halogens is 4. The average Bonchev–Trinajstić information content (AvgIpc) is 2.45. The fraction of sp³-hybridized carbons (Fsp3) is 0.250. The lowest BCUT2D eigenvalue weighted by Gasteiger charge is -2.22. The van der Waals surface area contributed by atoms with Crippen LogP contribution in [0.4, 0.5) is 8.78 Å². The summed E-state index contributed by atoms with van der Waals surface area (Å²) in [5.41, 5.74) is 1.86. The highest BCUT2D eigenvalue weighted by atomic mass is 79.9. The van der Waals surface area contributed by atoms with E-state index in [4.69, 9.17) is 0 Å². The average molecular weight is 419 g/mol. The van der Waals surface area contributed by atoms with Gasteiger partial charge < -0.3 is 5.32 Å².